The summed E-state index contributed by atoms with van der Waals surface area (Å²) in [4.78, 5) is 24.8. The first-order valence-corrected chi connectivity index (χ1v) is 14.2. The van der Waals surface area contributed by atoms with Crippen molar-refractivity contribution in [3.63, 3.8) is 0 Å². The molecule has 2 N–H and O–H groups in total. The van der Waals surface area contributed by atoms with Gasteiger partial charge < -0.3 is 5.32 Å². The lowest BCUT2D eigenvalue weighted by Gasteiger charge is -2.18. The lowest BCUT2D eigenvalue weighted by molar-refractivity contribution is -0.113. The van der Waals surface area contributed by atoms with Gasteiger partial charge in [-0.05, 0) is 48.5 Å². The zero-order chi connectivity index (χ0) is 24.7. The average molecular weight is 585 g/mol. The minimum Gasteiger partial charge on any atom is -0.325 e. The van der Waals surface area contributed by atoms with Gasteiger partial charge in [-0.1, -0.05) is 52.9 Å². The van der Waals surface area contributed by atoms with Crippen molar-refractivity contribution < 1.29 is 18.0 Å². The average Bonchev–Trinajstić information content (AvgIpc) is 3.27. The fraction of sp³-hybridized carbons (Fsp3) is 0.238. The summed E-state index contributed by atoms with van der Waals surface area (Å²) >= 11 is 5.69. The van der Waals surface area contributed by atoms with Gasteiger partial charge in [0.25, 0.3) is 5.91 Å². The maximum atomic E-state index is 12.6. The van der Waals surface area contributed by atoms with Gasteiger partial charge in [0.1, 0.15) is 0 Å². The second-order valence-corrected chi connectivity index (χ2v) is 11.8. The number of rotatable bonds is 10. The number of carbonyl (C=O) groups is 2. The molecule has 0 bridgehead atoms. The van der Waals surface area contributed by atoms with Gasteiger partial charge in [-0.2, -0.15) is 4.31 Å². The van der Waals surface area contributed by atoms with Crippen LogP contribution in [-0.4, -0.2) is 53.6 Å². The van der Waals surface area contributed by atoms with Crippen LogP contribution in [0.3, 0.4) is 0 Å². The largest absolute Gasteiger partial charge is 0.325 e. The van der Waals surface area contributed by atoms with Crippen molar-refractivity contribution in [2.45, 2.75) is 23.1 Å². The topological polar surface area (TPSA) is 121 Å². The highest BCUT2D eigenvalue weighted by atomic mass is 79.9. The standard InChI is InChI=1S/C21H22BrN5O4S3/c1-3-27(4-2)34(30,31)17-11-5-14(6-12-17)19(29)24-20-25-26-21(33-20)32-13-18(28)23-16-9-7-15(22)8-10-16/h5-12H,3-4,13H2,1-2H3,(H,23,28)(H,24,25,29). The molecule has 2 amide bonds. The third-order valence-corrected chi connectivity index (χ3v) is 9.11. The number of nitrogens with one attached hydrogen (secondary N) is 2. The van der Waals surface area contributed by atoms with Gasteiger partial charge in [0, 0.05) is 28.8 Å². The van der Waals surface area contributed by atoms with Gasteiger partial charge in [-0.15, -0.1) is 10.2 Å². The van der Waals surface area contributed by atoms with Gasteiger partial charge in [0.15, 0.2) is 4.34 Å². The van der Waals surface area contributed by atoms with E-state index in [-0.39, 0.29) is 27.3 Å². The van der Waals surface area contributed by atoms with E-state index < -0.39 is 15.9 Å². The second kappa shape index (κ2) is 11.9. The third kappa shape index (κ3) is 6.85. The zero-order valence-electron chi connectivity index (χ0n) is 18.3. The lowest BCUT2D eigenvalue weighted by atomic mass is 10.2. The highest BCUT2D eigenvalue weighted by Gasteiger charge is 2.22. The van der Waals surface area contributed by atoms with Crippen LogP contribution in [0, 0.1) is 0 Å². The quantitative estimate of drug-likeness (QED) is 0.269. The van der Waals surface area contributed by atoms with Crippen LogP contribution in [0.5, 0.6) is 0 Å². The molecule has 0 saturated carbocycles. The number of hydrogen-bond donors (Lipinski definition) is 2. The van der Waals surface area contributed by atoms with Gasteiger partial charge in [-0.25, -0.2) is 8.42 Å². The molecular weight excluding hydrogens is 562 g/mol. The predicted molar refractivity (Wildman–Crippen MR) is 138 cm³/mol. The lowest BCUT2D eigenvalue weighted by Crippen LogP contribution is -2.30. The Labute approximate surface area is 214 Å². The van der Waals surface area contributed by atoms with E-state index in [0.717, 1.165) is 15.8 Å². The molecular formula is C21H22BrN5O4S3. The Kier molecular flexibility index (Phi) is 9.19. The number of benzene rings is 2. The summed E-state index contributed by atoms with van der Waals surface area (Å²) in [6.07, 6.45) is 0. The molecule has 0 aliphatic carbocycles. The van der Waals surface area contributed by atoms with Gasteiger partial charge in [0.05, 0.1) is 10.6 Å². The van der Waals surface area contributed by atoms with E-state index >= 15 is 0 Å². The Bertz CT molecular complexity index is 1240. The van der Waals surface area contributed by atoms with Crippen LogP contribution in [0.25, 0.3) is 0 Å². The number of nitrogens with zero attached hydrogens (tertiary/aromatic N) is 3. The van der Waals surface area contributed by atoms with Crippen molar-refractivity contribution in [2.75, 3.05) is 29.5 Å². The third-order valence-electron chi connectivity index (χ3n) is 4.54. The van der Waals surface area contributed by atoms with Crippen molar-refractivity contribution in [1.82, 2.24) is 14.5 Å². The van der Waals surface area contributed by atoms with E-state index in [1.54, 1.807) is 26.0 Å². The molecule has 0 aliphatic rings. The number of sulfonamides is 1. The molecule has 0 aliphatic heterocycles. The summed E-state index contributed by atoms with van der Waals surface area (Å²) < 4.78 is 27.9. The van der Waals surface area contributed by atoms with Crippen molar-refractivity contribution in [3.05, 3.63) is 58.6 Å². The van der Waals surface area contributed by atoms with Crippen molar-refractivity contribution in [1.29, 1.82) is 0 Å². The highest BCUT2D eigenvalue weighted by Crippen LogP contribution is 2.26. The van der Waals surface area contributed by atoms with E-state index in [1.165, 1.54) is 40.3 Å². The van der Waals surface area contributed by atoms with Crippen LogP contribution in [0.2, 0.25) is 0 Å². The van der Waals surface area contributed by atoms with Crippen LogP contribution in [0.1, 0.15) is 24.2 Å². The van der Waals surface area contributed by atoms with Crippen LogP contribution >= 0.6 is 39.0 Å². The van der Waals surface area contributed by atoms with E-state index in [4.69, 9.17) is 0 Å². The molecule has 0 atom stereocenters. The summed E-state index contributed by atoms with van der Waals surface area (Å²) in [5.41, 5.74) is 0.978. The molecule has 2 aromatic carbocycles. The van der Waals surface area contributed by atoms with Gasteiger partial charge in [0.2, 0.25) is 21.1 Å². The SMILES string of the molecule is CCN(CC)S(=O)(=O)c1ccc(C(=O)Nc2nnc(SCC(=O)Nc3ccc(Br)cc3)s2)cc1. The Morgan fingerprint density at radius 3 is 2.26 bits per heavy atom. The van der Waals surface area contributed by atoms with Gasteiger partial charge in [-0.3, -0.25) is 14.9 Å². The summed E-state index contributed by atoms with van der Waals surface area (Å²) in [7, 11) is -3.59. The Morgan fingerprint density at radius 1 is 1.00 bits per heavy atom. The Hall–Kier alpha value is -2.32. The zero-order valence-corrected chi connectivity index (χ0v) is 22.4. The summed E-state index contributed by atoms with van der Waals surface area (Å²) in [5, 5.41) is 13.6. The number of hydrogen-bond acceptors (Lipinski definition) is 8. The molecule has 0 unspecified atom stereocenters. The molecule has 0 radical (unpaired) electrons. The minimum absolute atomic E-state index is 0.128. The number of anilines is 2. The Morgan fingerprint density at radius 2 is 1.65 bits per heavy atom. The first-order chi connectivity index (χ1) is 16.2. The highest BCUT2D eigenvalue weighted by molar-refractivity contribution is 9.10. The minimum atomic E-state index is -3.59. The molecule has 3 rings (SSSR count). The van der Waals surface area contributed by atoms with Gasteiger partial charge >= 0.3 is 0 Å². The fourth-order valence-electron chi connectivity index (χ4n) is 2.84. The predicted octanol–water partition coefficient (Wildman–Crippen LogP) is 4.31. The number of amides is 2. The Balaban J connectivity index is 1.54. The number of aromatic nitrogens is 2. The molecule has 0 saturated heterocycles. The normalized spacial score (nSPS) is 11.4. The number of carbonyl (C=O) groups excluding carboxylic acids is 2. The van der Waals surface area contributed by atoms with E-state index in [2.05, 4.69) is 36.8 Å². The summed E-state index contributed by atoms with van der Waals surface area (Å²) in [5.74, 6) is -0.485. The molecule has 13 heteroatoms. The van der Waals surface area contributed by atoms with Crippen molar-refractivity contribution in [3.8, 4) is 0 Å². The molecule has 180 valence electrons. The van der Waals surface area contributed by atoms with Crippen LogP contribution in [-0.2, 0) is 14.8 Å². The monoisotopic (exact) mass is 583 g/mol. The number of halogens is 1. The van der Waals surface area contributed by atoms with Crippen LogP contribution < -0.4 is 10.6 Å². The smallest absolute Gasteiger partial charge is 0.257 e. The molecule has 9 nitrogen and oxygen atoms in total. The van der Waals surface area contributed by atoms with Crippen LogP contribution in [0.4, 0.5) is 10.8 Å². The molecule has 0 spiro atoms. The molecule has 1 aromatic heterocycles. The first kappa shape index (κ1) is 26.3. The van der Waals surface area contributed by atoms with Crippen LogP contribution in [0.15, 0.2) is 62.2 Å². The summed E-state index contributed by atoms with van der Waals surface area (Å²) in [6, 6.07) is 13.0. The molecule has 0 fully saturated rings. The van der Waals surface area contributed by atoms with Crippen molar-refractivity contribution in [2.24, 2.45) is 0 Å². The van der Waals surface area contributed by atoms with E-state index in [9.17, 15) is 18.0 Å². The first-order valence-electron chi connectivity index (χ1n) is 10.2. The molecule has 34 heavy (non-hydrogen) atoms. The van der Waals surface area contributed by atoms with E-state index in [1.807, 2.05) is 12.1 Å². The summed E-state index contributed by atoms with van der Waals surface area (Å²) in [6.45, 7) is 4.27. The maximum Gasteiger partial charge on any atom is 0.257 e. The number of thioether (sulfide) groups is 1. The second-order valence-electron chi connectivity index (χ2n) is 6.78. The van der Waals surface area contributed by atoms with Crippen molar-refractivity contribution >= 4 is 71.7 Å². The fourth-order valence-corrected chi connectivity index (χ4v) is 6.11. The molecule has 3 aromatic rings. The van der Waals surface area contributed by atoms with E-state index in [0.29, 0.717) is 23.1 Å². The maximum absolute atomic E-state index is 12.6. The molecule has 1 heterocycles.